The smallest absolute Gasteiger partial charge is 0.227 e. The summed E-state index contributed by atoms with van der Waals surface area (Å²) in [6.07, 6.45) is 2.99. The van der Waals surface area contributed by atoms with Gasteiger partial charge in [-0.15, -0.1) is 0 Å². The Balaban J connectivity index is 1.13. The van der Waals surface area contributed by atoms with Crippen LogP contribution in [0.3, 0.4) is 0 Å². The monoisotopic (exact) mass is 569 g/mol. The molecule has 2 atom stereocenters. The van der Waals surface area contributed by atoms with Gasteiger partial charge in [-0.25, -0.2) is 4.98 Å². The molecule has 7 nitrogen and oxygen atoms in total. The second-order valence-corrected chi connectivity index (χ2v) is 12.9. The number of aliphatic hydroxyl groups is 2. The molecule has 2 aliphatic heterocycles. The molecule has 39 heavy (non-hydrogen) atoms. The van der Waals surface area contributed by atoms with Crippen molar-refractivity contribution in [2.75, 3.05) is 36.4 Å². The van der Waals surface area contributed by atoms with Crippen LogP contribution >= 0.6 is 23.2 Å². The Kier molecular flexibility index (Phi) is 7.40. The van der Waals surface area contributed by atoms with Gasteiger partial charge >= 0.3 is 0 Å². The molecule has 2 saturated heterocycles. The third-order valence-electron chi connectivity index (χ3n) is 9.27. The Morgan fingerprint density at radius 1 is 1.03 bits per heavy atom. The van der Waals surface area contributed by atoms with E-state index in [0.29, 0.717) is 27.9 Å². The molecule has 3 fully saturated rings. The summed E-state index contributed by atoms with van der Waals surface area (Å²) in [5.74, 6) is 2.86. The zero-order valence-corrected chi connectivity index (χ0v) is 24.0. The second kappa shape index (κ2) is 10.7. The molecular weight excluding hydrogens is 533 g/mol. The quantitative estimate of drug-likeness (QED) is 0.313. The van der Waals surface area contributed by atoms with Gasteiger partial charge in [0, 0.05) is 46.5 Å². The first-order valence-corrected chi connectivity index (χ1v) is 14.8. The number of para-hydroxylation sites is 1. The van der Waals surface area contributed by atoms with Crippen molar-refractivity contribution in [3.63, 3.8) is 0 Å². The SMILES string of the molecule is C[C@@H](Nc1nc(N2CC([C@H]3CCCN([C@H]4C[C@@](C)(C(O)O)C4)C3)C2)nc2ccccc12)c1ccc(Cl)cc1Cl. The number of rotatable bonds is 7. The maximum absolute atomic E-state index is 9.69. The van der Waals surface area contributed by atoms with Crippen molar-refractivity contribution in [3.8, 4) is 0 Å². The number of anilines is 2. The fourth-order valence-corrected chi connectivity index (χ4v) is 7.24. The maximum atomic E-state index is 9.69. The highest BCUT2D eigenvalue weighted by atomic mass is 35.5. The molecule has 0 bridgehead atoms. The normalized spacial score (nSPS) is 26.9. The van der Waals surface area contributed by atoms with Crippen molar-refractivity contribution in [1.82, 2.24) is 14.9 Å². The van der Waals surface area contributed by atoms with E-state index >= 15 is 0 Å². The molecule has 1 aliphatic carbocycles. The highest BCUT2D eigenvalue weighted by Crippen LogP contribution is 2.47. The van der Waals surface area contributed by atoms with Crippen molar-refractivity contribution >= 4 is 45.9 Å². The number of benzene rings is 2. The lowest BCUT2D eigenvalue weighted by atomic mass is 9.65. The van der Waals surface area contributed by atoms with E-state index < -0.39 is 6.29 Å². The lowest BCUT2D eigenvalue weighted by molar-refractivity contribution is -0.183. The third kappa shape index (κ3) is 5.32. The fourth-order valence-electron chi connectivity index (χ4n) is 6.67. The molecule has 1 aromatic heterocycles. The molecule has 0 radical (unpaired) electrons. The van der Waals surface area contributed by atoms with E-state index in [2.05, 4.69) is 22.0 Å². The molecule has 208 valence electrons. The number of likely N-dealkylation sites (tertiary alicyclic amines) is 1. The summed E-state index contributed by atoms with van der Waals surface area (Å²) in [5, 5.41) is 25.2. The van der Waals surface area contributed by atoms with Crippen LogP contribution in [0.1, 0.15) is 51.1 Å². The molecule has 2 aromatic carbocycles. The molecule has 9 heteroatoms. The van der Waals surface area contributed by atoms with Crippen molar-refractivity contribution in [2.24, 2.45) is 17.3 Å². The Bertz CT molecular complexity index is 1340. The Labute approximate surface area is 240 Å². The first-order chi connectivity index (χ1) is 18.7. The van der Waals surface area contributed by atoms with Gasteiger partial charge in [0.05, 0.1) is 11.6 Å². The van der Waals surface area contributed by atoms with Gasteiger partial charge in [0.15, 0.2) is 6.29 Å². The summed E-state index contributed by atoms with van der Waals surface area (Å²) in [6, 6.07) is 14.1. The number of aliphatic hydroxyl groups excluding tert-OH is 1. The predicted molar refractivity (Wildman–Crippen MR) is 157 cm³/mol. The highest BCUT2D eigenvalue weighted by Gasteiger charge is 2.48. The van der Waals surface area contributed by atoms with Crippen LogP contribution in [0.15, 0.2) is 42.5 Å². The van der Waals surface area contributed by atoms with Gasteiger partial charge in [-0.2, -0.15) is 4.98 Å². The van der Waals surface area contributed by atoms with Crippen LogP contribution < -0.4 is 10.2 Å². The summed E-state index contributed by atoms with van der Waals surface area (Å²) in [7, 11) is 0. The average Bonchev–Trinajstić information content (AvgIpc) is 2.86. The van der Waals surface area contributed by atoms with Crippen molar-refractivity contribution in [2.45, 2.75) is 57.9 Å². The van der Waals surface area contributed by atoms with Crippen LogP contribution in [0.5, 0.6) is 0 Å². The van der Waals surface area contributed by atoms with E-state index in [4.69, 9.17) is 33.2 Å². The van der Waals surface area contributed by atoms with Gasteiger partial charge in [0.25, 0.3) is 0 Å². The number of nitrogens with one attached hydrogen (secondary N) is 1. The molecule has 3 N–H and O–H groups in total. The molecule has 0 unspecified atom stereocenters. The largest absolute Gasteiger partial charge is 0.368 e. The van der Waals surface area contributed by atoms with Crippen LogP contribution in [0, 0.1) is 17.3 Å². The van der Waals surface area contributed by atoms with E-state index in [1.165, 1.54) is 12.8 Å². The summed E-state index contributed by atoms with van der Waals surface area (Å²) in [4.78, 5) is 14.8. The van der Waals surface area contributed by atoms with Gasteiger partial charge in [-0.3, -0.25) is 0 Å². The van der Waals surface area contributed by atoms with E-state index in [-0.39, 0.29) is 11.5 Å². The van der Waals surface area contributed by atoms with Crippen LogP contribution in [-0.4, -0.2) is 63.6 Å². The summed E-state index contributed by atoms with van der Waals surface area (Å²) < 4.78 is 0. The third-order valence-corrected chi connectivity index (χ3v) is 9.83. The van der Waals surface area contributed by atoms with E-state index in [9.17, 15) is 10.2 Å². The summed E-state index contributed by atoms with van der Waals surface area (Å²) >= 11 is 12.6. The summed E-state index contributed by atoms with van der Waals surface area (Å²) in [6.45, 7) is 8.21. The minimum absolute atomic E-state index is 0.0569. The summed E-state index contributed by atoms with van der Waals surface area (Å²) in [5.41, 5.74) is 1.54. The van der Waals surface area contributed by atoms with Gasteiger partial charge in [0.2, 0.25) is 5.95 Å². The van der Waals surface area contributed by atoms with E-state index in [0.717, 1.165) is 67.3 Å². The number of halogens is 2. The predicted octanol–water partition coefficient (Wildman–Crippen LogP) is 5.74. The number of aromatic nitrogens is 2. The minimum atomic E-state index is -1.22. The highest BCUT2D eigenvalue weighted by molar-refractivity contribution is 6.35. The molecule has 3 heterocycles. The number of hydrogen-bond acceptors (Lipinski definition) is 7. The Hall–Kier alpha value is -2.16. The Morgan fingerprint density at radius 3 is 2.54 bits per heavy atom. The standard InChI is InChI=1S/C30H37Cl2N5O2/c1-18(23-10-9-21(31)12-25(23)32)33-27-24-7-3-4-8-26(24)34-29(35-27)37-16-20(17-37)19-6-5-11-36(15-19)22-13-30(2,14-22)28(38)39/h3-4,7-10,12,18-20,22,28,38-39H,5-6,11,13-17H2,1-2H3,(H,33,34,35)/t18-,19+,22-,30+/m1/s1. The fraction of sp³-hybridized carbons (Fsp3) is 0.533. The number of nitrogens with zero attached hydrogens (tertiary/aromatic N) is 4. The van der Waals surface area contributed by atoms with Crippen LogP contribution in [-0.2, 0) is 0 Å². The first-order valence-electron chi connectivity index (χ1n) is 14.0. The molecule has 0 spiro atoms. The van der Waals surface area contributed by atoms with Crippen molar-refractivity contribution in [3.05, 3.63) is 58.1 Å². The van der Waals surface area contributed by atoms with Crippen LogP contribution in [0.2, 0.25) is 10.0 Å². The lowest BCUT2D eigenvalue weighted by Crippen LogP contribution is -2.59. The number of hydrogen-bond donors (Lipinski definition) is 3. The van der Waals surface area contributed by atoms with Crippen LogP contribution in [0.25, 0.3) is 10.9 Å². The zero-order valence-electron chi connectivity index (χ0n) is 22.5. The average molecular weight is 571 g/mol. The van der Waals surface area contributed by atoms with Crippen molar-refractivity contribution in [1.29, 1.82) is 0 Å². The van der Waals surface area contributed by atoms with Gasteiger partial charge in [0.1, 0.15) is 5.82 Å². The van der Waals surface area contributed by atoms with E-state index in [1.54, 1.807) is 6.07 Å². The molecular formula is C30H37Cl2N5O2. The minimum Gasteiger partial charge on any atom is -0.368 e. The van der Waals surface area contributed by atoms with Gasteiger partial charge in [-0.05, 0) is 80.8 Å². The second-order valence-electron chi connectivity index (χ2n) is 12.1. The number of fused-ring (bicyclic) bond motifs is 1. The number of piperidine rings is 1. The zero-order chi connectivity index (χ0) is 27.3. The van der Waals surface area contributed by atoms with Gasteiger partial charge in [-0.1, -0.05) is 48.3 Å². The van der Waals surface area contributed by atoms with Crippen LogP contribution in [0.4, 0.5) is 11.8 Å². The first kappa shape index (κ1) is 27.0. The molecule has 1 saturated carbocycles. The molecule has 6 rings (SSSR count). The lowest BCUT2D eigenvalue weighted by Gasteiger charge is -2.54. The Morgan fingerprint density at radius 2 is 1.79 bits per heavy atom. The maximum Gasteiger partial charge on any atom is 0.227 e. The molecule has 0 amide bonds. The van der Waals surface area contributed by atoms with Crippen molar-refractivity contribution < 1.29 is 10.2 Å². The topological polar surface area (TPSA) is 84.8 Å². The molecule has 3 aromatic rings. The van der Waals surface area contributed by atoms with Gasteiger partial charge < -0.3 is 25.3 Å². The van der Waals surface area contributed by atoms with E-state index in [1.807, 2.05) is 43.3 Å². The molecule has 3 aliphatic rings.